The van der Waals surface area contributed by atoms with Crippen molar-refractivity contribution in [3.63, 3.8) is 0 Å². The third kappa shape index (κ3) is 4.58. The van der Waals surface area contributed by atoms with E-state index in [1.807, 2.05) is 0 Å². The SMILES string of the molecule is Cc1ccc(NC(=O)CSc2nccn(-c3ccc(F)c(Cl)c3)c2=O)cc1F. The van der Waals surface area contributed by atoms with E-state index in [2.05, 4.69) is 10.3 Å². The van der Waals surface area contributed by atoms with Crippen LogP contribution in [0.2, 0.25) is 5.02 Å². The van der Waals surface area contributed by atoms with Gasteiger partial charge >= 0.3 is 0 Å². The largest absolute Gasteiger partial charge is 0.325 e. The lowest BCUT2D eigenvalue weighted by atomic mass is 10.2. The number of halogens is 3. The molecule has 0 aliphatic carbocycles. The van der Waals surface area contributed by atoms with Gasteiger partial charge in [-0.05, 0) is 42.8 Å². The molecule has 1 N–H and O–H groups in total. The Morgan fingerprint density at radius 3 is 2.71 bits per heavy atom. The zero-order valence-electron chi connectivity index (χ0n) is 14.6. The van der Waals surface area contributed by atoms with Gasteiger partial charge in [0, 0.05) is 18.1 Å². The predicted octanol–water partition coefficient (Wildman–Crippen LogP) is 4.20. The first-order valence-electron chi connectivity index (χ1n) is 8.07. The molecule has 0 bridgehead atoms. The smallest absolute Gasteiger partial charge is 0.287 e. The fraction of sp³-hybridized carbons (Fsp3) is 0.105. The number of thioether (sulfide) groups is 1. The Morgan fingerprint density at radius 1 is 1.21 bits per heavy atom. The molecule has 1 amide bonds. The summed E-state index contributed by atoms with van der Waals surface area (Å²) >= 11 is 6.71. The molecule has 0 fully saturated rings. The Bertz CT molecular complexity index is 1100. The van der Waals surface area contributed by atoms with Gasteiger partial charge in [0.05, 0.1) is 16.5 Å². The van der Waals surface area contributed by atoms with Crippen molar-refractivity contribution in [3.8, 4) is 5.69 Å². The lowest BCUT2D eigenvalue weighted by Crippen LogP contribution is -2.22. The molecule has 1 aromatic heterocycles. The number of aromatic nitrogens is 2. The summed E-state index contributed by atoms with van der Waals surface area (Å²) in [5.74, 6) is -1.51. The molecular formula is C19H14ClF2N3O2S. The lowest BCUT2D eigenvalue weighted by molar-refractivity contribution is -0.113. The van der Waals surface area contributed by atoms with Crippen LogP contribution in [0.4, 0.5) is 14.5 Å². The highest BCUT2D eigenvalue weighted by Gasteiger charge is 2.12. The first kappa shape index (κ1) is 20.0. The zero-order chi connectivity index (χ0) is 20.3. The second-order valence-corrected chi connectivity index (χ2v) is 7.18. The number of rotatable bonds is 5. The molecule has 0 saturated carbocycles. The van der Waals surface area contributed by atoms with E-state index in [4.69, 9.17) is 11.6 Å². The van der Waals surface area contributed by atoms with Crippen LogP contribution in [-0.2, 0) is 4.79 Å². The van der Waals surface area contributed by atoms with Crippen LogP contribution in [0.5, 0.6) is 0 Å². The summed E-state index contributed by atoms with van der Waals surface area (Å²) in [7, 11) is 0. The topological polar surface area (TPSA) is 64.0 Å². The van der Waals surface area contributed by atoms with Crippen molar-refractivity contribution in [2.75, 3.05) is 11.1 Å². The first-order chi connectivity index (χ1) is 13.3. The van der Waals surface area contributed by atoms with Gasteiger partial charge in [0.15, 0.2) is 5.03 Å². The van der Waals surface area contributed by atoms with Crippen LogP contribution in [0.1, 0.15) is 5.56 Å². The first-order valence-corrected chi connectivity index (χ1v) is 9.43. The number of hydrogen-bond acceptors (Lipinski definition) is 4. The Morgan fingerprint density at radius 2 is 2.00 bits per heavy atom. The van der Waals surface area contributed by atoms with E-state index in [1.54, 1.807) is 19.1 Å². The standard InChI is InChI=1S/C19H14ClF2N3O2S/c1-11-2-3-12(8-16(11)22)24-17(26)10-28-18-19(27)25(7-6-23-18)13-4-5-15(21)14(20)9-13/h2-9H,10H2,1H3,(H,24,26). The van der Waals surface area contributed by atoms with Gasteiger partial charge in [0.1, 0.15) is 11.6 Å². The summed E-state index contributed by atoms with van der Waals surface area (Å²) in [6, 6.07) is 8.27. The molecule has 0 radical (unpaired) electrons. The maximum Gasteiger partial charge on any atom is 0.287 e. The van der Waals surface area contributed by atoms with E-state index in [-0.39, 0.29) is 15.8 Å². The van der Waals surface area contributed by atoms with Gasteiger partial charge < -0.3 is 5.32 Å². The number of carbonyl (C=O) groups is 1. The second-order valence-electron chi connectivity index (χ2n) is 5.81. The highest BCUT2D eigenvalue weighted by Crippen LogP contribution is 2.19. The fourth-order valence-electron chi connectivity index (χ4n) is 2.33. The Hall–Kier alpha value is -2.71. The van der Waals surface area contributed by atoms with Crippen LogP contribution in [-0.4, -0.2) is 21.2 Å². The molecule has 5 nitrogen and oxygen atoms in total. The molecule has 0 unspecified atom stereocenters. The van der Waals surface area contributed by atoms with Crippen molar-refractivity contribution < 1.29 is 13.6 Å². The van der Waals surface area contributed by atoms with Gasteiger partial charge in [-0.1, -0.05) is 29.4 Å². The summed E-state index contributed by atoms with van der Waals surface area (Å²) < 4.78 is 28.1. The van der Waals surface area contributed by atoms with E-state index >= 15 is 0 Å². The number of carbonyl (C=O) groups excluding carboxylic acids is 1. The Kier molecular flexibility index (Phi) is 6.11. The lowest BCUT2D eigenvalue weighted by Gasteiger charge is -2.09. The molecule has 1 heterocycles. The second kappa shape index (κ2) is 8.53. The van der Waals surface area contributed by atoms with Gasteiger partial charge in [-0.3, -0.25) is 14.2 Å². The average molecular weight is 422 g/mol. The number of amides is 1. The molecule has 0 spiro atoms. The van der Waals surface area contributed by atoms with Gasteiger partial charge in [-0.2, -0.15) is 0 Å². The molecule has 0 atom stereocenters. The monoisotopic (exact) mass is 421 g/mol. The summed E-state index contributed by atoms with van der Waals surface area (Å²) in [6.45, 7) is 1.62. The van der Waals surface area contributed by atoms with Crippen molar-refractivity contribution in [2.24, 2.45) is 0 Å². The summed E-state index contributed by atoms with van der Waals surface area (Å²) in [5.41, 5.74) is 0.708. The minimum Gasteiger partial charge on any atom is -0.325 e. The van der Waals surface area contributed by atoms with E-state index in [9.17, 15) is 18.4 Å². The van der Waals surface area contributed by atoms with Gasteiger partial charge in [-0.25, -0.2) is 13.8 Å². The van der Waals surface area contributed by atoms with Crippen molar-refractivity contribution in [3.05, 3.63) is 81.4 Å². The molecule has 0 saturated heterocycles. The van der Waals surface area contributed by atoms with Crippen LogP contribution in [0.3, 0.4) is 0 Å². The highest BCUT2D eigenvalue weighted by atomic mass is 35.5. The Labute approximate surface area is 168 Å². The van der Waals surface area contributed by atoms with Crippen LogP contribution >= 0.6 is 23.4 Å². The van der Waals surface area contributed by atoms with Crippen molar-refractivity contribution in [1.82, 2.24) is 9.55 Å². The van der Waals surface area contributed by atoms with Gasteiger partial charge in [-0.15, -0.1) is 0 Å². The molecule has 2 aromatic carbocycles. The number of nitrogens with zero attached hydrogens (tertiary/aromatic N) is 2. The number of aryl methyl sites for hydroxylation is 1. The van der Waals surface area contributed by atoms with Crippen molar-refractivity contribution in [2.45, 2.75) is 11.9 Å². The predicted molar refractivity (Wildman–Crippen MR) is 105 cm³/mol. The third-order valence-corrected chi connectivity index (χ3v) is 5.04. The summed E-state index contributed by atoms with van der Waals surface area (Å²) in [5, 5.41) is 2.54. The molecule has 3 aromatic rings. The molecule has 144 valence electrons. The van der Waals surface area contributed by atoms with E-state index in [0.717, 1.165) is 17.8 Å². The molecule has 3 rings (SSSR count). The minimum absolute atomic E-state index is 0.0909. The average Bonchev–Trinajstić information content (AvgIpc) is 2.66. The van der Waals surface area contributed by atoms with E-state index < -0.39 is 23.1 Å². The van der Waals surface area contributed by atoms with E-state index in [1.165, 1.54) is 35.2 Å². The molecule has 28 heavy (non-hydrogen) atoms. The molecule has 0 aliphatic heterocycles. The summed E-state index contributed by atoms with van der Waals surface area (Å²) in [6.07, 6.45) is 2.82. The van der Waals surface area contributed by atoms with Crippen LogP contribution in [0.15, 0.2) is 58.6 Å². The van der Waals surface area contributed by atoms with Crippen LogP contribution in [0.25, 0.3) is 5.69 Å². The zero-order valence-corrected chi connectivity index (χ0v) is 16.2. The number of hydrogen-bond donors (Lipinski definition) is 1. The van der Waals surface area contributed by atoms with Gasteiger partial charge in [0.2, 0.25) is 5.91 Å². The van der Waals surface area contributed by atoms with Crippen molar-refractivity contribution in [1.29, 1.82) is 0 Å². The van der Waals surface area contributed by atoms with Crippen LogP contribution in [0, 0.1) is 18.6 Å². The highest BCUT2D eigenvalue weighted by molar-refractivity contribution is 7.99. The maximum atomic E-state index is 13.5. The van der Waals surface area contributed by atoms with Crippen LogP contribution < -0.4 is 10.9 Å². The summed E-state index contributed by atoms with van der Waals surface area (Å²) in [4.78, 5) is 28.7. The quantitative estimate of drug-likeness (QED) is 0.627. The number of anilines is 1. The number of nitrogens with one attached hydrogen (secondary N) is 1. The maximum absolute atomic E-state index is 13.5. The molecular weight excluding hydrogens is 408 g/mol. The Balaban J connectivity index is 1.72. The molecule has 0 aliphatic rings. The van der Waals surface area contributed by atoms with Gasteiger partial charge in [0.25, 0.3) is 5.56 Å². The minimum atomic E-state index is -0.591. The fourth-order valence-corrected chi connectivity index (χ4v) is 3.20. The third-order valence-electron chi connectivity index (χ3n) is 3.79. The number of benzene rings is 2. The van der Waals surface area contributed by atoms with E-state index in [0.29, 0.717) is 16.9 Å². The van der Waals surface area contributed by atoms with Crippen molar-refractivity contribution >= 4 is 35.0 Å². The normalized spacial score (nSPS) is 10.7. The molecule has 9 heteroatoms.